The molecule has 2 nitrogen and oxygen atoms in total. The van der Waals surface area contributed by atoms with Crippen LogP contribution in [-0.2, 0) is 4.74 Å². The van der Waals surface area contributed by atoms with Gasteiger partial charge in [0.25, 0.3) is 0 Å². The van der Waals surface area contributed by atoms with Crippen LogP contribution in [0.5, 0.6) is 0 Å². The minimum absolute atomic E-state index is 0.239. The molecule has 0 heterocycles. The van der Waals surface area contributed by atoms with E-state index in [0.29, 0.717) is 12.2 Å². The number of hydrogen-bond donors (Lipinski definition) is 1. The highest BCUT2D eigenvalue weighted by Crippen LogP contribution is 2.26. The summed E-state index contributed by atoms with van der Waals surface area (Å²) in [5.74, 6) is 0.860. The minimum atomic E-state index is 0.239. The van der Waals surface area contributed by atoms with Crippen molar-refractivity contribution in [1.82, 2.24) is 5.32 Å². The fourth-order valence-corrected chi connectivity index (χ4v) is 2.75. The molecule has 1 aliphatic rings. The van der Waals surface area contributed by atoms with Crippen molar-refractivity contribution < 1.29 is 4.74 Å². The standard InChI is InChI=1S/C16H33NO/c1-13-8-6-10-15(12-13)18-14(2)9-7-11-17-16(3,4)5/h13-15,17H,6-12H2,1-5H3. The van der Waals surface area contributed by atoms with Gasteiger partial charge < -0.3 is 10.1 Å². The first-order valence-electron chi connectivity index (χ1n) is 7.77. The van der Waals surface area contributed by atoms with Crippen LogP contribution >= 0.6 is 0 Å². The van der Waals surface area contributed by atoms with Gasteiger partial charge in [-0.1, -0.05) is 19.8 Å². The van der Waals surface area contributed by atoms with Crippen LogP contribution in [0.25, 0.3) is 0 Å². The van der Waals surface area contributed by atoms with E-state index < -0.39 is 0 Å². The number of ether oxygens (including phenoxy) is 1. The Morgan fingerprint density at radius 3 is 2.61 bits per heavy atom. The van der Waals surface area contributed by atoms with Crippen molar-refractivity contribution in [3.05, 3.63) is 0 Å². The zero-order valence-electron chi connectivity index (χ0n) is 13.1. The van der Waals surface area contributed by atoms with E-state index in [0.717, 1.165) is 12.5 Å². The van der Waals surface area contributed by atoms with E-state index in [1.54, 1.807) is 0 Å². The molecule has 18 heavy (non-hydrogen) atoms. The van der Waals surface area contributed by atoms with E-state index in [2.05, 4.69) is 39.9 Å². The third-order valence-corrected chi connectivity index (χ3v) is 3.76. The summed E-state index contributed by atoms with van der Waals surface area (Å²) in [4.78, 5) is 0. The first-order valence-corrected chi connectivity index (χ1v) is 7.77. The third kappa shape index (κ3) is 7.38. The molecule has 0 aromatic carbocycles. The van der Waals surface area contributed by atoms with E-state index in [1.807, 2.05) is 0 Å². The topological polar surface area (TPSA) is 21.3 Å². The Morgan fingerprint density at radius 1 is 1.28 bits per heavy atom. The normalized spacial score (nSPS) is 27.2. The van der Waals surface area contributed by atoms with Crippen LogP contribution in [0.1, 0.15) is 73.1 Å². The van der Waals surface area contributed by atoms with Gasteiger partial charge in [0.05, 0.1) is 12.2 Å². The molecule has 108 valence electrons. The molecule has 1 saturated carbocycles. The monoisotopic (exact) mass is 255 g/mol. The van der Waals surface area contributed by atoms with Crippen LogP contribution in [0, 0.1) is 5.92 Å². The highest BCUT2D eigenvalue weighted by atomic mass is 16.5. The molecule has 3 unspecified atom stereocenters. The van der Waals surface area contributed by atoms with Gasteiger partial charge in [0.1, 0.15) is 0 Å². The Balaban J connectivity index is 2.08. The second-order valence-electron chi connectivity index (χ2n) is 7.16. The zero-order valence-corrected chi connectivity index (χ0v) is 13.1. The predicted octanol–water partition coefficient (Wildman–Crippen LogP) is 4.14. The maximum absolute atomic E-state index is 6.17. The lowest BCUT2D eigenvalue weighted by Gasteiger charge is -2.29. The molecule has 1 N–H and O–H groups in total. The van der Waals surface area contributed by atoms with Crippen LogP contribution in [-0.4, -0.2) is 24.3 Å². The van der Waals surface area contributed by atoms with Crippen molar-refractivity contribution in [1.29, 1.82) is 0 Å². The molecular formula is C16H33NO. The van der Waals surface area contributed by atoms with Crippen LogP contribution in [0.2, 0.25) is 0 Å². The van der Waals surface area contributed by atoms with Gasteiger partial charge in [0.15, 0.2) is 0 Å². The second-order valence-corrected chi connectivity index (χ2v) is 7.16. The molecule has 0 saturated heterocycles. The molecular weight excluding hydrogens is 222 g/mol. The molecule has 3 atom stereocenters. The van der Waals surface area contributed by atoms with Gasteiger partial charge in [0, 0.05) is 5.54 Å². The van der Waals surface area contributed by atoms with Gasteiger partial charge in [-0.25, -0.2) is 0 Å². The SMILES string of the molecule is CC1CCCC(OC(C)CCCNC(C)(C)C)C1. The van der Waals surface area contributed by atoms with Gasteiger partial charge in [0.2, 0.25) is 0 Å². The van der Waals surface area contributed by atoms with Crippen molar-refractivity contribution >= 4 is 0 Å². The Morgan fingerprint density at radius 2 is 2.00 bits per heavy atom. The lowest BCUT2D eigenvalue weighted by atomic mass is 9.88. The van der Waals surface area contributed by atoms with Gasteiger partial charge in [-0.2, -0.15) is 0 Å². The van der Waals surface area contributed by atoms with E-state index in [-0.39, 0.29) is 5.54 Å². The number of nitrogens with one attached hydrogen (secondary N) is 1. The Bertz CT molecular complexity index is 222. The summed E-state index contributed by atoms with van der Waals surface area (Å²) < 4.78 is 6.17. The molecule has 0 radical (unpaired) electrons. The summed E-state index contributed by atoms with van der Waals surface area (Å²) in [5, 5.41) is 3.53. The number of rotatable bonds is 6. The van der Waals surface area contributed by atoms with Crippen LogP contribution in [0.15, 0.2) is 0 Å². The quantitative estimate of drug-likeness (QED) is 0.720. The van der Waals surface area contributed by atoms with Crippen molar-refractivity contribution in [2.75, 3.05) is 6.54 Å². The average Bonchev–Trinajstić information content (AvgIpc) is 2.23. The highest BCUT2D eigenvalue weighted by Gasteiger charge is 2.21. The van der Waals surface area contributed by atoms with E-state index >= 15 is 0 Å². The Kier molecular flexibility index (Phi) is 6.65. The summed E-state index contributed by atoms with van der Waals surface area (Å²) in [6.07, 6.45) is 8.61. The molecule has 0 aromatic rings. The van der Waals surface area contributed by atoms with E-state index in [9.17, 15) is 0 Å². The zero-order chi connectivity index (χ0) is 13.6. The lowest BCUT2D eigenvalue weighted by Crippen LogP contribution is -2.36. The maximum atomic E-state index is 6.17. The van der Waals surface area contributed by atoms with Crippen molar-refractivity contribution in [3.8, 4) is 0 Å². The average molecular weight is 255 g/mol. The molecule has 0 bridgehead atoms. The summed E-state index contributed by atoms with van der Waals surface area (Å²) in [7, 11) is 0. The van der Waals surface area contributed by atoms with Crippen molar-refractivity contribution in [3.63, 3.8) is 0 Å². The smallest absolute Gasteiger partial charge is 0.0581 e. The molecule has 0 aliphatic heterocycles. The van der Waals surface area contributed by atoms with Crippen molar-refractivity contribution in [2.45, 2.75) is 90.9 Å². The molecule has 1 aliphatic carbocycles. The molecule has 0 aromatic heterocycles. The lowest BCUT2D eigenvalue weighted by molar-refractivity contribution is -0.0340. The fourth-order valence-electron chi connectivity index (χ4n) is 2.75. The fraction of sp³-hybridized carbons (Fsp3) is 1.00. The van der Waals surface area contributed by atoms with E-state index in [1.165, 1.54) is 38.5 Å². The largest absolute Gasteiger partial charge is 0.375 e. The van der Waals surface area contributed by atoms with Gasteiger partial charge in [-0.05, 0) is 65.8 Å². The Labute approximate surface area is 114 Å². The highest BCUT2D eigenvalue weighted by molar-refractivity contribution is 4.73. The minimum Gasteiger partial charge on any atom is -0.375 e. The first kappa shape index (κ1) is 16.0. The summed E-state index contributed by atoms with van der Waals surface area (Å²) in [6, 6.07) is 0. The third-order valence-electron chi connectivity index (χ3n) is 3.76. The molecule has 1 fully saturated rings. The van der Waals surface area contributed by atoms with Gasteiger partial charge >= 0.3 is 0 Å². The first-order chi connectivity index (χ1) is 8.37. The summed E-state index contributed by atoms with van der Waals surface area (Å²) >= 11 is 0. The van der Waals surface area contributed by atoms with Crippen molar-refractivity contribution in [2.24, 2.45) is 5.92 Å². The van der Waals surface area contributed by atoms with Crippen LogP contribution in [0.3, 0.4) is 0 Å². The van der Waals surface area contributed by atoms with E-state index in [4.69, 9.17) is 4.74 Å². The van der Waals surface area contributed by atoms with Gasteiger partial charge in [-0.3, -0.25) is 0 Å². The summed E-state index contributed by atoms with van der Waals surface area (Å²) in [5.41, 5.74) is 0.239. The Hall–Kier alpha value is -0.0800. The second kappa shape index (κ2) is 7.49. The van der Waals surface area contributed by atoms with Crippen LogP contribution in [0.4, 0.5) is 0 Å². The molecule has 0 amide bonds. The maximum Gasteiger partial charge on any atom is 0.0581 e. The summed E-state index contributed by atoms with van der Waals surface area (Å²) in [6.45, 7) is 12.3. The molecule has 2 heteroatoms. The van der Waals surface area contributed by atoms with Gasteiger partial charge in [-0.15, -0.1) is 0 Å². The molecule has 1 rings (SSSR count). The predicted molar refractivity (Wildman–Crippen MR) is 79.0 cm³/mol. The van der Waals surface area contributed by atoms with Crippen LogP contribution < -0.4 is 5.32 Å². The number of hydrogen-bond acceptors (Lipinski definition) is 2. The molecule has 0 spiro atoms.